The highest BCUT2D eigenvalue weighted by Crippen LogP contribution is 2.27. The fourth-order valence-corrected chi connectivity index (χ4v) is 5.42. The highest BCUT2D eigenvalue weighted by atomic mass is 32.2. The molecule has 208 valence electrons. The van der Waals surface area contributed by atoms with Crippen molar-refractivity contribution in [3.05, 3.63) is 120 Å². The van der Waals surface area contributed by atoms with Crippen molar-refractivity contribution in [1.82, 2.24) is 4.90 Å². The number of hydrogen-bond donors (Lipinski definition) is 0. The van der Waals surface area contributed by atoms with Gasteiger partial charge in [-0.05, 0) is 79.1 Å². The zero-order valence-corrected chi connectivity index (χ0v) is 24.7. The van der Waals surface area contributed by atoms with Crippen LogP contribution in [0.3, 0.4) is 0 Å². The summed E-state index contributed by atoms with van der Waals surface area (Å²) in [5.74, 6) is 2.54. The van der Waals surface area contributed by atoms with Gasteiger partial charge >= 0.3 is 0 Å². The summed E-state index contributed by atoms with van der Waals surface area (Å²) in [6.07, 6.45) is 0. The molecule has 0 aliphatic rings. The molecular weight excluding hydrogens is 514 g/mol. The quantitative estimate of drug-likeness (QED) is 0.131. The Bertz CT molecular complexity index is 1270. The van der Waals surface area contributed by atoms with Crippen molar-refractivity contribution in [2.75, 3.05) is 32.2 Å². The first-order valence-electron chi connectivity index (χ1n) is 13.7. The SMILES string of the molecule is CCN(CC)c1ccc(N=C(SCc2ccccc2)N(Cc2ccc(OC)cc2)Cc2ccc(OC)cc2)cc1. The van der Waals surface area contributed by atoms with Gasteiger partial charge in [-0.1, -0.05) is 66.4 Å². The summed E-state index contributed by atoms with van der Waals surface area (Å²) in [4.78, 5) is 9.93. The third kappa shape index (κ3) is 8.30. The second kappa shape index (κ2) is 15.0. The van der Waals surface area contributed by atoms with Crippen molar-refractivity contribution < 1.29 is 9.47 Å². The number of nitrogens with zero attached hydrogens (tertiary/aromatic N) is 3. The molecule has 4 aromatic rings. The molecule has 0 heterocycles. The number of amidine groups is 1. The molecule has 0 saturated heterocycles. The van der Waals surface area contributed by atoms with Gasteiger partial charge in [0, 0.05) is 37.6 Å². The van der Waals surface area contributed by atoms with Gasteiger partial charge in [0.2, 0.25) is 0 Å². The van der Waals surface area contributed by atoms with Crippen molar-refractivity contribution in [2.45, 2.75) is 32.7 Å². The van der Waals surface area contributed by atoms with Gasteiger partial charge in [0.15, 0.2) is 5.17 Å². The molecule has 4 aromatic carbocycles. The Balaban J connectivity index is 1.69. The number of aliphatic imine (C=N–C) groups is 1. The zero-order valence-electron chi connectivity index (χ0n) is 23.9. The number of ether oxygens (including phenoxy) is 2. The van der Waals surface area contributed by atoms with Crippen molar-refractivity contribution in [2.24, 2.45) is 4.99 Å². The van der Waals surface area contributed by atoms with Crippen LogP contribution in [0.4, 0.5) is 11.4 Å². The molecule has 0 fully saturated rings. The van der Waals surface area contributed by atoms with E-state index < -0.39 is 0 Å². The summed E-state index contributed by atoms with van der Waals surface area (Å²) in [6, 6.07) is 35.7. The first-order valence-corrected chi connectivity index (χ1v) is 14.7. The molecule has 0 bridgehead atoms. The predicted octanol–water partition coefficient (Wildman–Crippen LogP) is 8.17. The topological polar surface area (TPSA) is 37.3 Å². The van der Waals surface area contributed by atoms with E-state index in [9.17, 15) is 0 Å². The van der Waals surface area contributed by atoms with Crippen LogP contribution in [-0.4, -0.2) is 37.4 Å². The average molecular weight is 554 g/mol. The van der Waals surface area contributed by atoms with Crippen LogP contribution in [0.2, 0.25) is 0 Å². The van der Waals surface area contributed by atoms with Gasteiger partial charge in [-0.3, -0.25) is 0 Å². The fourth-order valence-electron chi connectivity index (χ4n) is 4.45. The van der Waals surface area contributed by atoms with E-state index in [1.165, 1.54) is 22.4 Å². The van der Waals surface area contributed by atoms with Crippen LogP contribution in [0.15, 0.2) is 108 Å². The third-order valence-electron chi connectivity index (χ3n) is 6.75. The second-order valence-electron chi connectivity index (χ2n) is 9.41. The van der Waals surface area contributed by atoms with Crippen molar-refractivity contribution in [3.8, 4) is 11.5 Å². The summed E-state index contributed by atoms with van der Waals surface area (Å²) in [7, 11) is 3.39. The zero-order chi connectivity index (χ0) is 28.2. The van der Waals surface area contributed by atoms with E-state index in [1.54, 1.807) is 26.0 Å². The van der Waals surface area contributed by atoms with Gasteiger partial charge in [0.1, 0.15) is 11.5 Å². The number of methoxy groups -OCH3 is 2. The third-order valence-corrected chi connectivity index (χ3v) is 7.83. The molecule has 0 amide bonds. The lowest BCUT2D eigenvalue weighted by atomic mass is 10.1. The summed E-state index contributed by atoms with van der Waals surface area (Å²) in [5, 5.41) is 0.978. The van der Waals surface area contributed by atoms with E-state index in [0.717, 1.165) is 41.2 Å². The van der Waals surface area contributed by atoms with Crippen molar-refractivity contribution in [3.63, 3.8) is 0 Å². The highest BCUT2D eigenvalue weighted by Gasteiger charge is 2.16. The molecule has 0 aliphatic heterocycles. The van der Waals surface area contributed by atoms with E-state index in [2.05, 4.69) is 103 Å². The van der Waals surface area contributed by atoms with Crippen LogP contribution in [0, 0.1) is 0 Å². The molecule has 5 nitrogen and oxygen atoms in total. The summed E-state index contributed by atoms with van der Waals surface area (Å²) in [6.45, 7) is 7.76. The maximum absolute atomic E-state index is 5.39. The summed E-state index contributed by atoms with van der Waals surface area (Å²) in [5.41, 5.74) is 5.82. The number of benzene rings is 4. The fraction of sp³-hybridized carbons (Fsp3) is 0.265. The highest BCUT2D eigenvalue weighted by molar-refractivity contribution is 8.13. The predicted molar refractivity (Wildman–Crippen MR) is 170 cm³/mol. The van der Waals surface area contributed by atoms with Crippen LogP contribution in [0.1, 0.15) is 30.5 Å². The smallest absolute Gasteiger partial charge is 0.165 e. The minimum absolute atomic E-state index is 0.716. The van der Waals surface area contributed by atoms with Gasteiger partial charge < -0.3 is 19.3 Å². The van der Waals surface area contributed by atoms with Crippen molar-refractivity contribution in [1.29, 1.82) is 0 Å². The lowest BCUT2D eigenvalue weighted by molar-refractivity contribution is 0.405. The largest absolute Gasteiger partial charge is 0.497 e. The van der Waals surface area contributed by atoms with E-state index in [0.29, 0.717) is 13.1 Å². The maximum Gasteiger partial charge on any atom is 0.165 e. The van der Waals surface area contributed by atoms with Gasteiger partial charge in [-0.15, -0.1) is 0 Å². The Morgan fingerprint density at radius 3 is 1.65 bits per heavy atom. The molecule has 0 unspecified atom stereocenters. The van der Waals surface area contributed by atoms with E-state index >= 15 is 0 Å². The van der Waals surface area contributed by atoms with E-state index in [4.69, 9.17) is 14.5 Å². The first kappa shape index (κ1) is 29.1. The van der Waals surface area contributed by atoms with Gasteiger partial charge in [-0.25, -0.2) is 4.99 Å². The Labute approximate surface area is 243 Å². The lowest BCUT2D eigenvalue weighted by Crippen LogP contribution is -2.28. The Hall–Kier alpha value is -3.90. The monoisotopic (exact) mass is 553 g/mol. The molecule has 0 radical (unpaired) electrons. The average Bonchev–Trinajstić information content (AvgIpc) is 3.01. The first-order chi connectivity index (χ1) is 19.6. The molecule has 40 heavy (non-hydrogen) atoms. The van der Waals surface area contributed by atoms with Gasteiger partial charge in [-0.2, -0.15) is 0 Å². The molecular formula is C34H39N3O2S. The molecule has 0 saturated carbocycles. The van der Waals surface area contributed by atoms with Crippen LogP contribution < -0.4 is 14.4 Å². The van der Waals surface area contributed by atoms with Gasteiger partial charge in [0.25, 0.3) is 0 Å². The standard InChI is InChI=1S/C34H39N3O2S/c1-5-36(6-2)31-18-16-30(17-19-31)35-34(40-26-29-10-8-7-9-11-29)37(24-27-12-20-32(38-3)21-13-27)25-28-14-22-33(39-4)23-15-28/h7-23H,5-6,24-26H2,1-4H3. The molecule has 0 aromatic heterocycles. The second-order valence-corrected chi connectivity index (χ2v) is 10.4. The summed E-state index contributed by atoms with van der Waals surface area (Å²) >= 11 is 1.77. The van der Waals surface area contributed by atoms with Crippen LogP contribution >= 0.6 is 11.8 Å². The van der Waals surface area contributed by atoms with Crippen LogP contribution in [-0.2, 0) is 18.8 Å². The van der Waals surface area contributed by atoms with E-state index in [-0.39, 0.29) is 0 Å². The Kier molecular flexibility index (Phi) is 10.9. The molecule has 6 heteroatoms. The van der Waals surface area contributed by atoms with Crippen molar-refractivity contribution >= 4 is 28.3 Å². The number of rotatable bonds is 12. The van der Waals surface area contributed by atoms with E-state index in [1.807, 2.05) is 24.3 Å². The number of anilines is 1. The Morgan fingerprint density at radius 1 is 0.650 bits per heavy atom. The minimum atomic E-state index is 0.716. The number of hydrogen-bond acceptors (Lipinski definition) is 5. The molecule has 4 rings (SSSR count). The summed E-state index contributed by atoms with van der Waals surface area (Å²) < 4.78 is 10.8. The molecule has 0 aliphatic carbocycles. The molecule has 0 N–H and O–H groups in total. The molecule has 0 spiro atoms. The lowest BCUT2D eigenvalue weighted by Gasteiger charge is -2.27. The number of thioether (sulfide) groups is 1. The Morgan fingerprint density at radius 2 is 1.18 bits per heavy atom. The normalized spacial score (nSPS) is 11.2. The maximum atomic E-state index is 5.39. The van der Waals surface area contributed by atoms with Gasteiger partial charge in [0.05, 0.1) is 19.9 Å². The minimum Gasteiger partial charge on any atom is -0.497 e. The van der Waals surface area contributed by atoms with Crippen LogP contribution in [0.25, 0.3) is 0 Å². The molecule has 0 atom stereocenters. The van der Waals surface area contributed by atoms with Crippen LogP contribution in [0.5, 0.6) is 11.5 Å².